The fourth-order valence-electron chi connectivity index (χ4n) is 2.36. The fourth-order valence-corrected chi connectivity index (χ4v) is 2.54. The SMILES string of the molecule is O=C(Nc1cccc(F)c1)c1cnn(-c2cccc(Cl)c2)c1C(F)(F)F. The van der Waals surface area contributed by atoms with Crippen LogP contribution < -0.4 is 5.32 Å². The molecule has 1 heterocycles. The third-order valence-electron chi connectivity index (χ3n) is 3.42. The van der Waals surface area contributed by atoms with Crippen LogP contribution in [0.15, 0.2) is 54.7 Å². The van der Waals surface area contributed by atoms with Crippen LogP contribution in [0.4, 0.5) is 23.2 Å². The van der Waals surface area contributed by atoms with Crippen LogP contribution in [0.3, 0.4) is 0 Å². The van der Waals surface area contributed by atoms with Crippen molar-refractivity contribution in [3.63, 3.8) is 0 Å². The van der Waals surface area contributed by atoms with Gasteiger partial charge in [-0.3, -0.25) is 4.79 Å². The van der Waals surface area contributed by atoms with E-state index < -0.39 is 29.2 Å². The number of rotatable bonds is 3. The molecule has 3 rings (SSSR count). The highest BCUT2D eigenvalue weighted by atomic mass is 35.5. The summed E-state index contributed by atoms with van der Waals surface area (Å²) < 4.78 is 54.5. The summed E-state index contributed by atoms with van der Waals surface area (Å²) in [6, 6.07) is 10.5. The zero-order chi connectivity index (χ0) is 18.9. The van der Waals surface area contributed by atoms with Crippen LogP contribution in [-0.4, -0.2) is 15.7 Å². The second-order valence-corrected chi connectivity index (χ2v) is 5.70. The van der Waals surface area contributed by atoms with E-state index in [1.54, 1.807) is 0 Å². The fraction of sp³-hybridized carbons (Fsp3) is 0.0588. The van der Waals surface area contributed by atoms with Gasteiger partial charge in [-0.2, -0.15) is 18.3 Å². The molecule has 2 aromatic carbocycles. The zero-order valence-electron chi connectivity index (χ0n) is 12.9. The number of nitrogens with one attached hydrogen (secondary N) is 1. The van der Waals surface area contributed by atoms with E-state index >= 15 is 0 Å². The molecular weight excluding hydrogens is 374 g/mol. The normalized spacial score (nSPS) is 11.4. The Labute approximate surface area is 150 Å². The highest BCUT2D eigenvalue weighted by Gasteiger charge is 2.40. The number of nitrogens with zero attached hydrogens (tertiary/aromatic N) is 2. The van der Waals surface area contributed by atoms with Crippen LogP contribution in [0.2, 0.25) is 5.02 Å². The smallest absolute Gasteiger partial charge is 0.322 e. The average molecular weight is 384 g/mol. The molecule has 0 aliphatic rings. The Bertz CT molecular complexity index is 969. The van der Waals surface area contributed by atoms with Gasteiger partial charge in [0, 0.05) is 10.7 Å². The Hall–Kier alpha value is -2.87. The van der Waals surface area contributed by atoms with Gasteiger partial charge in [0.1, 0.15) is 5.82 Å². The van der Waals surface area contributed by atoms with Gasteiger partial charge in [0.05, 0.1) is 17.4 Å². The number of hydrogen-bond donors (Lipinski definition) is 1. The number of halogens is 5. The molecule has 0 fully saturated rings. The van der Waals surface area contributed by atoms with Gasteiger partial charge in [0.25, 0.3) is 5.91 Å². The third-order valence-corrected chi connectivity index (χ3v) is 3.65. The van der Waals surface area contributed by atoms with Gasteiger partial charge in [0.2, 0.25) is 0 Å². The van der Waals surface area contributed by atoms with E-state index in [1.165, 1.54) is 36.4 Å². The quantitative estimate of drug-likeness (QED) is 0.651. The molecule has 1 aromatic heterocycles. The van der Waals surface area contributed by atoms with Gasteiger partial charge in [-0.15, -0.1) is 0 Å². The van der Waals surface area contributed by atoms with Gasteiger partial charge in [-0.1, -0.05) is 23.7 Å². The molecule has 134 valence electrons. The van der Waals surface area contributed by atoms with Crippen molar-refractivity contribution < 1.29 is 22.4 Å². The number of anilines is 1. The van der Waals surface area contributed by atoms with Crippen LogP contribution in [0.1, 0.15) is 16.1 Å². The topological polar surface area (TPSA) is 46.9 Å². The lowest BCUT2D eigenvalue weighted by atomic mass is 10.2. The molecule has 0 radical (unpaired) electrons. The molecule has 0 aliphatic heterocycles. The van der Waals surface area contributed by atoms with Gasteiger partial charge in [-0.05, 0) is 36.4 Å². The van der Waals surface area contributed by atoms with E-state index in [1.807, 2.05) is 0 Å². The largest absolute Gasteiger partial charge is 0.434 e. The lowest BCUT2D eigenvalue weighted by Crippen LogP contribution is -2.20. The van der Waals surface area contributed by atoms with Gasteiger partial charge in [0.15, 0.2) is 5.69 Å². The van der Waals surface area contributed by atoms with Gasteiger partial charge >= 0.3 is 6.18 Å². The monoisotopic (exact) mass is 383 g/mol. The Balaban J connectivity index is 2.04. The minimum Gasteiger partial charge on any atom is -0.322 e. The number of benzene rings is 2. The zero-order valence-corrected chi connectivity index (χ0v) is 13.6. The Morgan fingerprint density at radius 2 is 1.85 bits per heavy atom. The molecule has 0 atom stereocenters. The molecule has 26 heavy (non-hydrogen) atoms. The molecule has 9 heteroatoms. The van der Waals surface area contributed by atoms with Crippen molar-refractivity contribution >= 4 is 23.2 Å². The van der Waals surface area contributed by atoms with E-state index in [-0.39, 0.29) is 16.4 Å². The number of carbonyl (C=O) groups is 1. The molecular formula is C17H10ClF4N3O. The molecule has 0 bridgehead atoms. The maximum Gasteiger partial charge on any atom is 0.434 e. The second-order valence-electron chi connectivity index (χ2n) is 5.26. The minimum absolute atomic E-state index is 0.0265. The first-order valence-corrected chi connectivity index (χ1v) is 7.61. The first kappa shape index (κ1) is 17.9. The summed E-state index contributed by atoms with van der Waals surface area (Å²) in [6.45, 7) is 0. The Kier molecular flexibility index (Phi) is 4.69. The molecule has 3 aromatic rings. The molecule has 0 saturated heterocycles. The number of amides is 1. The summed E-state index contributed by atoms with van der Waals surface area (Å²) in [5.41, 5.74) is -1.87. The number of carbonyl (C=O) groups excluding carboxylic acids is 1. The predicted octanol–water partition coefficient (Wildman–Crippen LogP) is 4.94. The summed E-state index contributed by atoms with van der Waals surface area (Å²) in [7, 11) is 0. The average Bonchev–Trinajstić information content (AvgIpc) is 3.00. The van der Waals surface area contributed by atoms with E-state index in [0.29, 0.717) is 4.68 Å². The number of hydrogen-bond acceptors (Lipinski definition) is 2. The first-order valence-electron chi connectivity index (χ1n) is 7.24. The lowest BCUT2D eigenvalue weighted by Gasteiger charge is -2.13. The molecule has 1 amide bonds. The lowest BCUT2D eigenvalue weighted by molar-refractivity contribution is -0.143. The summed E-state index contributed by atoms with van der Waals surface area (Å²) >= 11 is 5.82. The molecule has 0 saturated carbocycles. The maximum atomic E-state index is 13.6. The van der Waals surface area contributed by atoms with E-state index in [4.69, 9.17) is 11.6 Å². The maximum absolute atomic E-state index is 13.6. The number of aromatic nitrogens is 2. The van der Waals surface area contributed by atoms with E-state index in [0.717, 1.165) is 18.3 Å². The van der Waals surface area contributed by atoms with Crippen molar-refractivity contribution in [2.45, 2.75) is 6.18 Å². The van der Waals surface area contributed by atoms with Crippen molar-refractivity contribution in [1.82, 2.24) is 9.78 Å². The summed E-state index contributed by atoms with van der Waals surface area (Å²) in [6.07, 6.45) is -4.05. The number of alkyl halides is 3. The van der Waals surface area contributed by atoms with Crippen molar-refractivity contribution in [3.05, 3.63) is 76.8 Å². The summed E-state index contributed by atoms with van der Waals surface area (Å²) in [5, 5.41) is 6.13. The molecule has 0 unspecified atom stereocenters. The highest BCUT2D eigenvalue weighted by molar-refractivity contribution is 6.30. The van der Waals surface area contributed by atoms with Gasteiger partial charge < -0.3 is 5.32 Å². The predicted molar refractivity (Wildman–Crippen MR) is 87.9 cm³/mol. The standard InChI is InChI=1S/C17H10ClF4N3O/c18-10-3-1-6-13(7-10)25-15(17(20,21)22)14(9-23-25)16(26)24-12-5-2-4-11(19)8-12/h1-9H,(H,24,26). The first-order chi connectivity index (χ1) is 12.3. The Morgan fingerprint density at radius 1 is 1.12 bits per heavy atom. The molecule has 4 nitrogen and oxygen atoms in total. The van der Waals surface area contributed by atoms with Crippen LogP contribution >= 0.6 is 11.6 Å². The molecule has 1 N–H and O–H groups in total. The van der Waals surface area contributed by atoms with Crippen LogP contribution in [-0.2, 0) is 6.18 Å². The highest BCUT2D eigenvalue weighted by Crippen LogP contribution is 2.34. The van der Waals surface area contributed by atoms with Crippen molar-refractivity contribution in [2.24, 2.45) is 0 Å². The molecule has 0 spiro atoms. The second kappa shape index (κ2) is 6.80. The van der Waals surface area contributed by atoms with E-state index in [9.17, 15) is 22.4 Å². The van der Waals surface area contributed by atoms with Crippen LogP contribution in [0, 0.1) is 5.82 Å². The third kappa shape index (κ3) is 3.70. The minimum atomic E-state index is -4.85. The van der Waals surface area contributed by atoms with Crippen LogP contribution in [0.25, 0.3) is 5.69 Å². The van der Waals surface area contributed by atoms with E-state index in [2.05, 4.69) is 10.4 Å². The summed E-state index contributed by atoms with van der Waals surface area (Å²) in [4.78, 5) is 12.3. The van der Waals surface area contributed by atoms with Crippen molar-refractivity contribution in [3.8, 4) is 5.69 Å². The summed E-state index contributed by atoms with van der Waals surface area (Å²) in [5.74, 6) is -1.69. The van der Waals surface area contributed by atoms with Crippen molar-refractivity contribution in [2.75, 3.05) is 5.32 Å². The van der Waals surface area contributed by atoms with Crippen LogP contribution in [0.5, 0.6) is 0 Å². The van der Waals surface area contributed by atoms with Gasteiger partial charge in [-0.25, -0.2) is 9.07 Å². The molecule has 0 aliphatic carbocycles. The van der Waals surface area contributed by atoms with Crippen molar-refractivity contribution in [1.29, 1.82) is 0 Å². The Morgan fingerprint density at radius 3 is 2.50 bits per heavy atom.